The summed E-state index contributed by atoms with van der Waals surface area (Å²) in [4.78, 5) is 8.34. The van der Waals surface area contributed by atoms with Crippen molar-refractivity contribution in [3.63, 3.8) is 0 Å². The first kappa shape index (κ1) is 20.2. The normalized spacial score (nSPS) is 12.6. The van der Waals surface area contributed by atoms with Gasteiger partial charge in [-0.05, 0) is 42.3 Å². The number of nitrogens with zero attached hydrogens (tertiary/aromatic N) is 2. The first-order valence-corrected chi connectivity index (χ1v) is 10.4. The zero-order valence-electron chi connectivity index (χ0n) is 14.9. The van der Waals surface area contributed by atoms with Gasteiger partial charge in [0.1, 0.15) is 16.8 Å². The summed E-state index contributed by atoms with van der Waals surface area (Å²) in [5.74, 6) is -1.21. The Balaban J connectivity index is 2.12. The van der Waals surface area contributed by atoms with Gasteiger partial charge in [-0.3, -0.25) is 0 Å². The SMILES string of the molecule is Cc1nc(Cl)cc(NC(c2cccc(S(C)(=O)=O)c2)c2ccc(F)c(F)c2)n1. The zero-order valence-corrected chi connectivity index (χ0v) is 16.5. The molecule has 1 atom stereocenters. The monoisotopic (exact) mass is 423 g/mol. The summed E-state index contributed by atoms with van der Waals surface area (Å²) in [5, 5.41) is 3.31. The molecule has 0 aliphatic heterocycles. The van der Waals surface area contributed by atoms with Crippen LogP contribution in [0.5, 0.6) is 0 Å². The lowest BCUT2D eigenvalue weighted by Crippen LogP contribution is -2.15. The number of aryl methyl sites for hydroxylation is 1. The molecule has 3 aromatic rings. The van der Waals surface area contributed by atoms with Gasteiger partial charge in [-0.2, -0.15) is 0 Å². The second kappa shape index (κ2) is 7.81. The highest BCUT2D eigenvalue weighted by atomic mass is 35.5. The highest BCUT2D eigenvalue weighted by Gasteiger charge is 2.19. The van der Waals surface area contributed by atoms with Crippen LogP contribution in [-0.2, 0) is 9.84 Å². The summed E-state index contributed by atoms with van der Waals surface area (Å²) in [5.41, 5.74) is 0.915. The predicted octanol–water partition coefficient (Wildman–Crippen LogP) is 4.32. The van der Waals surface area contributed by atoms with Crippen molar-refractivity contribution in [2.45, 2.75) is 17.9 Å². The molecule has 1 aromatic heterocycles. The lowest BCUT2D eigenvalue weighted by Gasteiger charge is -2.21. The number of sulfone groups is 1. The Morgan fingerprint density at radius 1 is 1.00 bits per heavy atom. The summed E-state index contributed by atoms with van der Waals surface area (Å²) < 4.78 is 51.1. The van der Waals surface area contributed by atoms with E-state index in [4.69, 9.17) is 11.6 Å². The van der Waals surface area contributed by atoms with Crippen molar-refractivity contribution in [1.29, 1.82) is 0 Å². The van der Waals surface area contributed by atoms with Gasteiger partial charge >= 0.3 is 0 Å². The van der Waals surface area contributed by atoms with Crippen molar-refractivity contribution in [2.75, 3.05) is 11.6 Å². The molecule has 0 saturated carbocycles. The molecule has 9 heteroatoms. The van der Waals surface area contributed by atoms with Gasteiger partial charge in [0.2, 0.25) is 0 Å². The van der Waals surface area contributed by atoms with E-state index < -0.39 is 27.5 Å². The maximum atomic E-state index is 13.8. The topological polar surface area (TPSA) is 72.0 Å². The van der Waals surface area contributed by atoms with Crippen LogP contribution in [0.3, 0.4) is 0 Å². The fourth-order valence-electron chi connectivity index (χ4n) is 2.73. The first-order chi connectivity index (χ1) is 13.1. The number of hydrogen-bond acceptors (Lipinski definition) is 5. The number of aromatic nitrogens is 2. The first-order valence-electron chi connectivity index (χ1n) is 8.16. The van der Waals surface area contributed by atoms with E-state index in [9.17, 15) is 17.2 Å². The number of halogens is 3. The van der Waals surface area contributed by atoms with E-state index in [-0.39, 0.29) is 10.0 Å². The summed E-state index contributed by atoms with van der Waals surface area (Å²) >= 11 is 5.98. The molecule has 2 aromatic carbocycles. The number of nitrogens with one attached hydrogen (secondary N) is 1. The third-order valence-corrected chi connectivity index (χ3v) is 5.30. The number of anilines is 1. The van der Waals surface area contributed by atoms with Crippen LogP contribution >= 0.6 is 11.6 Å². The molecule has 0 amide bonds. The van der Waals surface area contributed by atoms with Gasteiger partial charge in [0.15, 0.2) is 21.5 Å². The molecule has 0 saturated heterocycles. The van der Waals surface area contributed by atoms with Crippen LogP contribution in [0.2, 0.25) is 5.15 Å². The molecule has 0 bridgehead atoms. The van der Waals surface area contributed by atoms with Crippen molar-refractivity contribution in [1.82, 2.24) is 9.97 Å². The van der Waals surface area contributed by atoms with Crippen molar-refractivity contribution in [2.24, 2.45) is 0 Å². The Labute approximate surface area is 166 Å². The smallest absolute Gasteiger partial charge is 0.175 e. The fourth-order valence-corrected chi connectivity index (χ4v) is 3.63. The Bertz CT molecular complexity index is 1120. The van der Waals surface area contributed by atoms with Gasteiger partial charge in [0.25, 0.3) is 0 Å². The van der Waals surface area contributed by atoms with Crippen LogP contribution in [0, 0.1) is 18.6 Å². The molecule has 0 radical (unpaired) electrons. The number of benzene rings is 2. The molecular formula is C19H16ClF2N3O2S. The predicted molar refractivity (Wildman–Crippen MR) is 103 cm³/mol. The average molecular weight is 424 g/mol. The van der Waals surface area contributed by atoms with E-state index in [1.165, 1.54) is 24.3 Å². The van der Waals surface area contributed by atoms with Crippen molar-refractivity contribution in [3.05, 3.63) is 82.3 Å². The van der Waals surface area contributed by atoms with Gasteiger partial charge in [-0.15, -0.1) is 0 Å². The second-order valence-corrected chi connectivity index (χ2v) is 8.62. The number of hydrogen-bond donors (Lipinski definition) is 1. The molecule has 28 heavy (non-hydrogen) atoms. The summed E-state index contributed by atoms with van der Waals surface area (Å²) in [7, 11) is -3.45. The van der Waals surface area contributed by atoms with E-state index >= 15 is 0 Å². The standard InChI is InChI=1S/C19H16ClF2N3O2S/c1-11-23-17(20)10-18(24-11)25-19(13-6-7-15(21)16(22)9-13)12-4-3-5-14(8-12)28(2,26)27/h3-10,19H,1-2H3,(H,23,24,25). The van der Waals surface area contributed by atoms with Crippen LogP contribution in [-0.4, -0.2) is 24.6 Å². The summed E-state index contributed by atoms with van der Waals surface area (Å²) in [6.07, 6.45) is 1.10. The lowest BCUT2D eigenvalue weighted by molar-refractivity contribution is 0.506. The molecule has 1 unspecified atom stereocenters. The van der Waals surface area contributed by atoms with Crippen LogP contribution in [0.4, 0.5) is 14.6 Å². The molecule has 1 heterocycles. The minimum absolute atomic E-state index is 0.108. The Morgan fingerprint density at radius 2 is 1.71 bits per heavy atom. The second-order valence-electron chi connectivity index (χ2n) is 6.22. The quantitative estimate of drug-likeness (QED) is 0.619. The molecular weight excluding hydrogens is 408 g/mol. The molecule has 0 spiro atoms. The summed E-state index contributed by atoms with van der Waals surface area (Å²) in [6.45, 7) is 1.66. The summed E-state index contributed by atoms with van der Waals surface area (Å²) in [6, 6.07) is 10.5. The Hall–Kier alpha value is -2.58. The van der Waals surface area contributed by atoms with Crippen LogP contribution < -0.4 is 5.32 Å². The van der Waals surface area contributed by atoms with E-state index in [0.29, 0.717) is 22.8 Å². The fraction of sp³-hybridized carbons (Fsp3) is 0.158. The third kappa shape index (κ3) is 4.63. The molecule has 3 rings (SSSR count). The maximum absolute atomic E-state index is 13.8. The largest absolute Gasteiger partial charge is 0.359 e. The lowest BCUT2D eigenvalue weighted by atomic mass is 9.98. The van der Waals surface area contributed by atoms with Crippen LogP contribution in [0.15, 0.2) is 53.4 Å². The minimum Gasteiger partial charge on any atom is -0.359 e. The van der Waals surface area contributed by atoms with Gasteiger partial charge in [-0.25, -0.2) is 27.2 Å². The third-order valence-electron chi connectivity index (χ3n) is 4.00. The van der Waals surface area contributed by atoms with E-state index in [1.807, 2.05) is 0 Å². The molecule has 146 valence electrons. The van der Waals surface area contributed by atoms with E-state index in [1.54, 1.807) is 19.1 Å². The molecule has 0 aliphatic rings. The molecule has 1 N–H and O–H groups in total. The van der Waals surface area contributed by atoms with Crippen molar-refractivity contribution in [3.8, 4) is 0 Å². The molecule has 0 fully saturated rings. The molecule has 5 nitrogen and oxygen atoms in total. The highest BCUT2D eigenvalue weighted by molar-refractivity contribution is 7.90. The van der Waals surface area contributed by atoms with Gasteiger partial charge in [-0.1, -0.05) is 29.8 Å². The highest BCUT2D eigenvalue weighted by Crippen LogP contribution is 2.29. The van der Waals surface area contributed by atoms with E-state index in [2.05, 4.69) is 15.3 Å². The van der Waals surface area contributed by atoms with Crippen LogP contribution in [0.1, 0.15) is 23.0 Å². The van der Waals surface area contributed by atoms with Crippen LogP contribution in [0.25, 0.3) is 0 Å². The minimum atomic E-state index is -3.45. The molecule has 0 aliphatic carbocycles. The van der Waals surface area contributed by atoms with E-state index in [0.717, 1.165) is 18.4 Å². The Kier molecular flexibility index (Phi) is 5.62. The number of rotatable bonds is 5. The Morgan fingerprint density at radius 3 is 2.36 bits per heavy atom. The van der Waals surface area contributed by atoms with Gasteiger partial charge in [0, 0.05) is 12.3 Å². The van der Waals surface area contributed by atoms with Crippen molar-refractivity contribution >= 4 is 27.3 Å². The zero-order chi connectivity index (χ0) is 20.5. The maximum Gasteiger partial charge on any atom is 0.175 e. The van der Waals surface area contributed by atoms with Crippen molar-refractivity contribution < 1.29 is 17.2 Å². The average Bonchev–Trinajstić information content (AvgIpc) is 2.61. The van der Waals surface area contributed by atoms with Gasteiger partial charge in [0.05, 0.1) is 10.9 Å². The van der Waals surface area contributed by atoms with Gasteiger partial charge < -0.3 is 5.32 Å².